The van der Waals surface area contributed by atoms with Crippen molar-refractivity contribution in [2.75, 3.05) is 11.9 Å². The SMILES string of the molecule is Cc1ccccc1OC(C)CNc1c(C)cccc1C. The molecule has 1 N–H and O–H groups in total. The summed E-state index contributed by atoms with van der Waals surface area (Å²) in [4.78, 5) is 0. The van der Waals surface area contributed by atoms with Crippen molar-refractivity contribution in [1.82, 2.24) is 0 Å². The third-order valence-electron chi connectivity index (χ3n) is 3.47. The second-order valence-electron chi connectivity index (χ2n) is 5.34. The number of hydrogen-bond acceptors (Lipinski definition) is 2. The maximum atomic E-state index is 5.98. The quantitative estimate of drug-likeness (QED) is 0.863. The molecule has 0 aromatic heterocycles. The molecule has 106 valence electrons. The number of aryl methyl sites for hydroxylation is 3. The van der Waals surface area contributed by atoms with Gasteiger partial charge in [0.1, 0.15) is 11.9 Å². The van der Waals surface area contributed by atoms with Crippen LogP contribution >= 0.6 is 0 Å². The molecule has 1 unspecified atom stereocenters. The third kappa shape index (κ3) is 3.53. The highest BCUT2D eigenvalue weighted by molar-refractivity contribution is 5.56. The lowest BCUT2D eigenvalue weighted by atomic mass is 10.1. The largest absolute Gasteiger partial charge is 0.489 e. The van der Waals surface area contributed by atoms with Gasteiger partial charge in [-0.3, -0.25) is 0 Å². The molecule has 1 atom stereocenters. The van der Waals surface area contributed by atoms with E-state index in [1.807, 2.05) is 18.2 Å². The maximum absolute atomic E-state index is 5.98. The van der Waals surface area contributed by atoms with E-state index < -0.39 is 0 Å². The molecule has 0 saturated carbocycles. The van der Waals surface area contributed by atoms with Gasteiger partial charge >= 0.3 is 0 Å². The molecular weight excluding hydrogens is 246 g/mol. The summed E-state index contributed by atoms with van der Waals surface area (Å²) in [5.41, 5.74) is 4.93. The van der Waals surface area contributed by atoms with Crippen molar-refractivity contribution < 1.29 is 4.74 Å². The number of hydrogen-bond donors (Lipinski definition) is 1. The van der Waals surface area contributed by atoms with Crippen molar-refractivity contribution in [2.45, 2.75) is 33.8 Å². The molecule has 2 nitrogen and oxygen atoms in total. The molecule has 2 rings (SSSR count). The Balaban J connectivity index is 1.96. The van der Waals surface area contributed by atoms with E-state index in [4.69, 9.17) is 4.74 Å². The molecular formula is C18H23NO. The van der Waals surface area contributed by atoms with E-state index in [-0.39, 0.29) is 6.10 Å². The molecule has 2 aromatic rings. The van der Waals surface area contributed by atoms with Gasteiger partial charge < -0.3 is 10.1 Å². The van der Waals surface area contributed by atoms with Gasteiger partial charge in [-0.1, -0.05) is 36.4 Å². The van der Waals surface area contributed by atoms with Gasteiger partial charge in [0, 0.05) is 5.69 Å². The van der Waals surface area contributed by atoms with Crippen LogP contribution < -0.4 is 10.1 Å². The maximum Gasteiger partial charge on any atom is 0.122 e. The Morgan fingerprint density at radius 1 is 0.900 bits per heavy atom. The topological polar surface area (TPSA) is 21.3 Å². The number of ether oxygens (including phenoxy) is 1. The van der Waals surface area contributed by atoms with Gasteiger partial charge in [0.2, 0.25) is 0 Å². The van der Waals surface area contributed by atoms with Gasteiger partial charge in [0.25, 0.3) is 0 Å². The van der Waals surface area contributed by atoms with Crippen molar-refractivity contribution in [3.63, 3.8) is 0 Å². The summed E-state index contributed by atoms with van der Waals surface area (Å²) in [6.45, 7) is 9.21. The van der Waals surface area contributed by atoms with Crippen molar-refractivity contribution in [2.24, 2.45) is 0 Å². The van der Waals surface area contributed by atoms with Gasteiger partial charge in [-0.05, 0) is 50.5 Å². The monoisotopic (exact) mass is 269 g/mol. The second-order valence-corrected chi connectivity index (χ2v) is 5.34. The second kappa shape index (κ2) is 6.47. The van der Waals surface area contributed by atoms with Gasteiger partial charge in [-0.25, -0.2) is 0 Å². The molecule has 0 heterocycles. The molecule has 0 aliphatic heterocycles. The van der Waals surface area contributed by atoms with E-state index in [0.717, 1.165) is 12.3 Å². The molecule has 0 bridgehead atoms. The lowest BCUT2D eigenvalue weighted by molar-refractivity contribution is 0.233. The van der Waals surface area contributed by atoms with Crippen LogP contribution in [0.2, 0.25) is 0 Å². The average Bonchev–Trinajstić information content (AvgIpc) is 2.41. The fourth-order valence-corrected chi connectivity index (χ4v) is 2.29. The number of nitrogens with one attached hydrogen (secondary N) is 1. The predicted molar refractivity (Wildman–Crippen MR) is 85.7 cm³/mol. The minimum Gasteiger partial charge on any atom is -0.489 e. The standard InChI is InChI=1S/C18H23NO/c1-13-8-5-6-11-17(13)20-16(4)12-19-18-14(2)9-7-10-15(18)3/h5-11,16,19H,12H2,1-4H3. The van der Waals surface area contributed by atoms with Crippen molar-refractivity contribution in [3.05, 3.63) is 59.2 Å². The Kier molecular flexibility index (Phi) is 4.67. The van der Waals surface area contributed by atoms with Gasteiger partial charge in [-0.15, -0.1) is 0 Å². The molecule has 2 aromatic carbocycles. The van der Waals surface area contributed by atoms with Crippen molar-refractivity contribution >= 4 is 5.69 Å². The molecule has 2 heteroatoms. The summed E-state index contributed by atoms with van der Waals surface area (Å²) in [6, 6.07) is 14.5. The zero-order valence-corrected chi connectivity index (χ0v) is 12.7. The van der Waals surface area contributed by atoms with Gasteiger partial charge in [-0.2, -0.15) is 0 Å². The number of anilines is 1. The highest BCUT2D eigenvalue weighted by Crippen LogP contribution is 2.21. The summed E-state index contributed by atoms with van der Waals surface area (Å²) in [7, 11) is 0. The first-order chi connectivity index (χ1) is 9.58. The first kappa shape index (κ1) is 14.4. The summed E-state index contributed by atoms with van der Waals surface area (Å²) in [6.07, 6.45) is 0.120. The van der Waals surface area contributed by atoms with E-state index in [0.29, 0.717) is 0 Å². The van der Waals surface area contributed by atoms with Crippen molar-refractivity contribution in [3.8, 4) is 5.75 Å². The fourth-order valence-electron chi connectivity index (χ4n) is 2.29. The van der Waals surface area contributed by atoms with Crippen LogP contribution in [0, 0.1) is 20.8 Å². The summed E-state index contributed by atoms with van der Waals surface area (Å²) >= 11 is 0. The van der Waals surface area contributed by atoms with E-state index in [2.05, 4.69) is 57.3 Å². The molecule has 0 amide bonds. The van der Waals surface area contributed by atoms with Crippen LogP contribution in [-0.4, -0.2) is 12.6 Å². The normalized spacial score (nSPS) is 12.0. The van der Waals surface area contributed by atoms with E-state index in [1.165, 1.54) is 22.4 Å². The zero-order chi connectivity index (χ0) is 14.5. The Hall–Kier alpha value is -1.96. The van der Waals surface area contributed by atoms with E-state index in [9.17, 15) is 0 Å². The van der Waals surface area contributed by atoms with Crippen LogP contribution in [0.5, 0.6) is 5.75 Å². The number of benzene rings is 2. The Morgan fingerprint density at radius 2 is 1.50 bits per heavy atom. The molecule has 0 spiro atoms. The smallest absolute Gasteiger partial charge is 0.122 e. The lowest BCUT2D eigenvalue weighted by Gasteiger charge is -2.19. The average molecular weight is 269 g/mol. The zero-order valence-electron chi connectivity index (χ0n) is 12.7. The molecule has 20 heavy (non-hydrogen) atoms. The minimum absolute atomic E-state index is 0.120. The summed E-state index contributed by atoms with van der Waals surface area (Å²) in [5, 5.41) is 3.50. The highest BCUT2D eigenvalue weighted by Gasteiger charge is 2.07. The van der Waals surface area contributed by atoms with Crippen LogP contribution in [0.3, 0.4) is 0 Å². The Morgan fingerprint density at radius 3 is 2.15 bits per heavy atom. The third-order valence-corrected chi connectivity index (χ3v) is 3.47. The highest BCUT2D eigenvalue weighted by atomic mass is 16.5. The molecule has 0 aliphatic rings. The first-order valence-corrected chi connectivity index (χ1v) is 7.10. The van der Waals surface area contributed by atoms with Crippen LogP contribution in [0.25, 0.3) is 0 Å². The van der Waals surface area contributed by atoms with Crippen LogP contribution in [0.4, 0.5) is 5.69 Å². The Bertz CT molecular complexity index is 557. The Labute approximate surface area is 121 Å². The minimum atomic E-state index is 0.120. The van der Waals surface area contributed by atoms with Crippen LogP contribution in [0.1, 0.15) is 23.6 Å². The molecule has 0 radical (unpaired) electrons. The summed E-state index contributed by atoms with van der Waals surface area (Å²) in [5.74, 6) is 0.961. The molecule has 0 saturated heterocycles. The van der Waals surface area contributed by atoms with E-state index >= 15 is 0 Å². The number of rotatable bonds is 5. The lowest BCUT2D eigenvalue weighted by Crippen LogP contribution is -2.23. The first-order valence-electron chi connectivity index (χ1n) is 7.10. The number of para-hydroxylation sites is 2. The summed E-state index contributed by atoms with van der Waals surface area (Å²) < 4.78 is 5.98. The molecule has 0 aliphatic carbocycles. The van der Waals surface area contributed by atoms with Crippen LogP contribution in [-0.2, 0) is 0 Å². The fraction of sp³-hybridized carbons (Fsp3) is 0.333. The van der Waals surface area contributed by atoms with E-state index in [1.54, 1.807) is 0 Å². The van der Waals surface area contributed by atoms with Gasteiger partial charge in [0.05, 0.1) is 6.54 Å². The van der Waals surface area contributed by atoms with Crippen molar-refractivity contribution in [1.29, 1.82) is 0 Å². The van der Waals surface area contributed by atoms with Gasteiger partial charge in [0.15, 0.2) is 0 Å². The van der Waals surface area contributed by atoms with Crippen LogP contribution in [0.15, 0.2) is 42.5 Å². The predicted octanol–water partition coefficient (Wildman–Crippen LogP) is 4.49. The molecule has 0 fully saturated rings.